The molecule has 0 atom stereocenters. The van der Waals surface area contributed by atoms with Crippen LogP contribution in [0.3, 0.4) is 0 Å². The molecule has 0 bridgehead atoms. The molecule has 22 heavy (non-hydrogen) atoms. The number of ether oxygens (including phenoxy) is 1. The summed E-state index contributed by atoms with van der Waals surface area (Å²) in [5, 5.41) is 2.55. The second kappa shape index (κ2) is 7.04. The molecule has 0 unspecified atom stereocenters. The highest BCUT2D eigenvalue weighted by Crippen LogP contribution is 2.21. The number of benzene rings is 2. The van der Waals surface area contributed by atoms with Crippen molar-refractivity contribution in [3.05, 3.63) is 58.9 Å². The number of amides is 1. The van der Waals surface area contributed by atoms with Crippen molar-refractivity contribution in [2.24, 2.45) is 0 Å². The summed E-state index contributed by atoms with van der Waals surface area (Å²) in [7, 11) is 0. The third-order valence-corrected chi connectivity index (χ3v) is 3.13. The highest BCUT2D eigenvalue weighted by atomic mass is 35.5. The molecule has 114 valence electrons. The summed E-state index contributed by atoms with van der Waals surface area (Å²) in [6.07, 6.45) is 0. The van der Waals surface area contributed by atoms with Gasteiger partial charge in [-0.15, -0.1) is 0 Å². The molecule has 0 saturated carbocycles. The Morgan fingerprint density at radius 1 is 1.18 bits per heavy atom. The summed E-state index contributed by atoms with van der Waals surface area (Å²) in [5.41, 5.74) is 1.12. The third-order valence-electron chi connectivity index (χ3n) is 2.84. The van der Waals surface area contributed by atoms with Gasteiger partial charge in [0.05, 0.1) is 5.02 Å². The minimum atomic E-state index is -0.552. The number of rotatable bonds is 5. The summed E-state index contributed by atoms with van der Waals surface area (Å²) in [6.45, 7) is 1.23. The van der Waals surface area contributed by atoms with Gasteiger partial charge in [-0.1, -0.05) is 11.6 Å². The fraction of sp³-hybridized carbons (Fsp3) is 0.125. The molecule has 2 aromatic rings. The first-order chi connectivity index (χ1) is 10.5. The molecule has 0 radical (unpaired) electrons. The highest BCUT2D eigenvalue weighted by Gasteiger charge is 2.06. The number of nitrogens with one attached hydrogen (secondary N) is 1. The Bertz CT molecular complexity index is 701. The first kappa shape index (κ1) is 16.0. The molecule has 0 saturated heterocycles. The number of Topliss-reactive ketones (excluding diaryl/α,β-unsaturated/α-hetero) is 1. The van der Waals surface area contributed by atoms with Gasteiger partial charge in [-0.3, -0.25) is 9.59 Å². The van der Waals surface area contributed by atoms with Gasteiger partial charge in [0, 0.05) is 17.3 Å². The zero-order valence-electron chi connectivity index (χ0n) is 11.7. The smallest absolute Gasteiger partial charge is 0.262 e. The maximum Gasteiger partial charge on any atom is 0.262 e. The Morgan fingerprint density at radius 2 is 1.86 bits per heavy atom. The molecule has 0 heterocycles. The molecule has 1 amide bonds. The molecule has 4 nitrogen and oxygen atoms in total. The van der Waals surface area contributed by atoms with Crippen LogP contribution in [-0.2, 0) is 4.79 Å². The lowest BCUT2D eigenvalue weighted by Gasteiger charge is -2.08. The van der Waals surface area contributed by atoms with Crippen molar-refractivity contribution in [3.63, 3.8) is 0 Å². The minimum absolute atomic E-state index is 0.0469. The van der Waals surface area contributed by atoms with Crippen LogP contribution in [-0.4, -0.2) is 18.3 Å². The number of hydrogen-bond acceptors (Lipinski definition) is 3. The lowest BCUT2D eigenvalue weighted by Crippen LogP contribution is -2.20. The van der Waals surface area contributed by atoms with Gasteiger partial charge in [-0.25, -0.2) is 4.39 Å². The van der Waals surface area contributed by atoms with Crippen molar-refractivity contribution in [1.82, 2.24) is 0 Å². The molecule has 0 fully saturated rings. The third kappa shape index (κ3) is 4.30. The van der Waals surface area contributed by atoms with E-state index in [1.165, 1.54) is 19.1 Å². The van der Waals surface area contributed by atoms with Crippen molar-refractivity contribution >= 4 is 29.0 Å². The second-order valence-corrected chi connectivity index (χ2v) is 4.95. The molecule has 0 spiro atoms. The lowest BCUT2D eigenvalue weighted by molar-refractivity contribution is -0.118. The van der Waals surface area contributed by atoms with Gasteiger partial charge in [0.25, 0.3) is 5.91 Å². The van der Waals surface area contributed by atoms with E-state index in [0.717, 1.165) is 6.07 Å². The van der Waals surface area contributed by atoms with Crippen LogP contribution in [0.15, 0.2) is 42.5 Å². The van der Waals surface area contributed by atoms with E-state index in [2.05, 4.69) is 5.32 Å². The van der Waals surface area contributed by atoms with Gasteiger partial charge in [-0.05, 0) is 43.3 Å². The SMILES string of the molecule is CC(=O)c1ccc(NC(=O)COc2ccc(F)c(Cl)c2)cc1. The van der Waals surface area contributed by atoms with Crippen molar-refractivity contribution in [1.29, 1.82) is 0 Å². The number of hydrogen-bond donors (Lipinski definition) is 1. The van der Waals surface area contributed by atoms with Crippen molar-refractivity contribution in [2.75, 3.05) is 11.9 Å². The zero-order valence-corrected chi connectivity index (χ0v) is 12.5. The molecular formula is C16H13ClFNO3. The van der Waals surface area contributed by atoms with Gasteiger partial charge < -0.3 is 10.1 Å². The Hall–Kier alpha value is -2.40. The molecule has 0 aliphatic carbocycles. The van der Waals surface area contributed by atoms with Crippen molar-refractivity contribution in [2.45, 2.75) is 6.92 Å². The minimum Gasteiger partial charge on any atom is -0.484 e. The van der Waals surface area contributed by atoms with Gasteiger partial charge in [-0.2, -0.15) is 0 Å². The fourth-order valence-corrected chi connectivity index (χ4v) is 1.87. The molecule has 2 aromatic carbocycles. The van der Waals surface area contributed by atoms with Crippen LogP contribution in [0.1, 0.15) is 17.3 Å². The summed E-state index contributed by atoms with van der Waals surface area (Å²) in [5.74, 6) is -0.678. The van der Waals surface area contributed by atoms with Gasteiger partial charge >= 0.3 is 0 Å². The number of halogens is 2. The van der Waals surface area contributed by atoms with Gasteiger partial charge in [0.2, 0.25) is 0 Å². The number of anilines is 1. The second-order valence-electron chi connectivity index (χ2n) is 4.55. The predicted molar refractivity (Wildman–Crippen MR) is 82.0 cm³/mol. The molecule has 0 aliphatic heterocycles. The van der Waals surface area contributed by atoms with E-state index in [9.17, 15) is 14.0 Å². The van der Waals surface area contributed by atoms with Crippen LogP contribution < -0.4 is 10.1 Å². The molecule has 0 aromatic heterocycles. The number of carbonyl (C=O) groups is 2. The van der Waals surface area contributed by atoms with Crippen molar-refractivity contribution in [3.8, 4) is 5.75 Å². The molecule has 1 N–H and O–H groups in total. The first-order valence-corrected chi connectivity index (χ1v) is 6.82. The summed E-state index contributed by atoms with van der Waals surface area (Å²) in [6, 6.07) is 10.3. The Morgan fingerprint density at radius 3 is 2.45 bits per heavy atom. The van der Waals surface area contributed by atoms with Crippen LogP contribution in [0.4, 0.5) is 10.1 Å². The molecule has 2 rings (SSSR count). The largest absolute Gasteiger partial charge is 0.484 e. The number of carbonyl (C=O) groups excluding carboxylic acids is 2. The summed E-state index contributed by atoms with van der Waals surface area (Å²) < 4.78 is 18.2. The molecule has 0 aliphatic rings. The monoisotopic (exact) mass is 321 g/mol. The summed E-state index contributed by atoms with van der Waals surface area (Å²) in [4.78, 5) is 22.9. The lowest BCUT2D eigenvalue weighted by atomic mass is 10.1. The van der Waals surface area contributed by atoms with E-state index in [1.807, 2.05) is 0 Å². The topological polar surface area (TPSA) is 55.4 Å². The van der Waals surface area contributed by atoms with Crippen LogP contribution in [0.2, 0.25) is 5.02 Å². The quantitative estimate of drug-likeness (QED) is 0.854. The average molecular weight is 322 g/mol. The van der Waals surface area contributed by atoms with Gasteiger partial charge in [0.15, 0.2) is 12.4 Å². The molecule has 6 heteroatoms. The average Bonchev–Trinajstić information content (AvgIpc) is 2.49. The normalized spacial score (nSPS) is 10.1. The van der Waals surface area contributed by atoms with Crippen LogP contribution >= 0.6 is 11.6 Å². The maximum atomic E-state index is 13.0. The highest BCUT2D eigenvalue weighted by molar-refractivity contribution is 6.30. The van der Waals surface area contributed by atoms with Crippen LogP contribution in [0.25, 0.3) is 0 Å². The first-order valence-electron chi connectivity index (χ1n) is 6.44. The van der Waals surface area contributed by atoms with E-state index in [4.69, 9.17) is 16.3 Å². The van der Waals surface area contributed by atoms with E-state index >= 15 is 0 Å². The zero-order chi connectivity index (χ0) is 16.1. The van der Waals surface area contributed by atoms with Crippen molar-refractivity contribution < 1.29 is 18.7 Å². The Balaban J connectivity index is 1.89. The molecular weight excluding hydrogens is 309 g/mol. The maximum absolute atomic E-state index is 13.0. The summed E-state index contributed by atoms with van der Waals surface area (Å²) >= 11 is 5.62. The van der Waals surface area contributed by atoms with Gasteiger partial charge in [0.1, 0.15) is 11.6 Å². The Kier molecular flexibility index (Phi) is 5.12. The van der Waals surface area contributed by atoms with Crippen LogP contribution in [0.5, 0.6) is 5.75 Å². The van der Waals surface area contributed by atoms with E-state index < -0.39 is 5.82 Å². The Labute approximate surface area is 131 Å². The van der Waals surface area contributed by atoms with E-state index in [-0.39, 0.29) is 23.3 Å². The standard InChI is InChI=1S/C16H13ClFNO3/c1-10(20)11-2-4-12(5-3-11)19-16(21)9-22-13-6-7-15(18)14(17)8-13/h2-8H,9H2,1H3,(H,19,21). The predicted octanol–water partition coefficient (Wildman–Crippen LogP) is 3.70. The van der Waals surface area contributed by atoms with E-state index in [1.54, 1.807) is 24.3 Å². The fourth-order valence-electron chi connectivity index (χ4n) is 1.70. The number of ketones is 1. The van der Waals surface area contributed by atoms with E-state index in [0.29, 0.717) is 17.0 Å². The van der Waals surface area contributed by atoms with Crippen LogP contribution in [0, 0.1) is 5.82 Å².